The van der Waals surface area contributed by atoms with Crippen LogP contribution in [0.25, 0.3) is 0 Å². The van der Waals surface area contributed by atoms with Crippen LogP contribution in [0, 0.1) is 0 Å². The molecular formula is C17H24N2O2. The maximum absolute atomic E-state index is 10.3. The van der Waals surface area contributed by atoms with E-state index in [0.29, 0.717) is 5.75 Å². The van der Waals surface area contributed by atoms with Gasteiger partial charge in [-0.25, -0.2) is 0 Å². The molecule has 2 heterocycles. The van der Waals surface area contributed by atoms with Crippen LogP contribution in [-0.4, -0.2) is 10.7 Å². The Balaban J connectivity index is 1.93. The van der Waals surface area contributed by atoms with Crippen molar-refractivity contribution in [1.82, 2.24) is 10.6 Å². The van der Waals surface area contributed by atoms with E-state index in [1.807, 2.05) is 19.2 Å². The molecular weight excluding hydrogens is 264 g/mol. The zero-order valence-corrected chi connectivity index (χ0v) is 13.0. The summed E-state index contributed by atoms with van der Waals surface area (Å²) in [5.41, 5.74) is 2.96. The Morgan fingerprint density at radius 1 is 1.33 bits per heavy atom. The molecule has 114 valence electrons. The second-order valence-electron chi connectivity index (χ2n) is 6.08. The predicted molar refractivity (Wildman–Crippen MR) is 83.1 cm³/mol. The summed E-state index contributed by atoms with van der Waals surface area (Å²) < 4.78 is 6.29. The van der Waals surface area contributed by atoms with E-state index >= 15 is 0 Å². The highest BCUT2D eigenvalue weighted by Gasteiger charge is 2.34. The summed E-state index contributed by atoms with van der Waals surface area (Å²) in [7, 11) is 0. The minimum absolute atomic E-state index is 0.00406. The standard InChI is InChI=1S/C17H24N2O2/c1-4-17(5-2)7-6-13-14(20)8-12(9-15(13)21-17)16-18-10-11(3)19-16/h8-10,16,18-20H,4-7H2,1-3H3. The Hall–Kier alpha value is -1.84. The fourth-order valence-electron chi connectivity index (χ4n) is 3.24. The second-order valence-corrected chi connectivity index (χ2v) is 6.08. The average molecular weight is 288 g/mol. The van der Waals surface area contributed by atoms with E-state index in [2.05, 4.69) is 30.5 Å². The normalized spacial score (nSPS) is 22.6. The highest BCUT2D eigenvalue weighted by molar-refractivity contribution is 5.50. The molecule has 0 aromatic heterocycles. The van der Waals surface area contributed by atoms with Gasteiger partial charge in [0.2, 0.25) is 0 Å². The van der Waals surface area contributed by atoms with Gasteiger partial charge in [0.15, 0.2) is 0 Å². The summed E-state index contributed by atoms with van der Waals surface area (Å²) in [5, 5.41) is 16.9. The van der Waals surface area contributed by atoms with Gasteiger partial charge in [-0.3, -0.25) is 0 Å². The van der Waals surface area contributed by atoms with E-state index in [-0.39, 0.29) is 11.8 Å². The molecule has 4 nitrogen and oxygen atoms in total. The molecule has 2 aliphatic heterocycles. The van der Waals surface area contributed by atoms with Crippen LogP contribution in [0.3, 0.4) is 0 Å². The van der Waals surface area contributed by atoms with Crippen LogP contribution in [-0.2, 0) is 6.42 Å². The molecule has 21 heavy (non-hydrogen) atoms. The number of nitrogens with one attached hydrogen (secondary N) is 2. The van der Waals surface area contributed by atoms with Crippen molar-refractivity contribution >= 4 is 0 Å². The molecule has 1 atom stereocenters. The molecule has 1 aromatic rings. The van der Waals surface area contributed by atoms with Gasteiger partial charge in [0.1, 0.15) is 23.3 Å². The van der Waals surface area contributed by atoms with Crippen LogP contribution in [0.4, 0.5) is 0 Å². The van der Waals surface area contributed by atoms with Gasteiger partial charge in [-0.05, 0) is 44.7 Å². The van der Waals surface area contributed by atoms with Crippen molar-refractivity contribution in [3.63, 3.8) is 0 Å². The van der Waals surface area contributed by atoms with E-state index in [1.54, 1.807) is 0 Å². The number of fused-ring (bicyclic) bond motifs is 1. The lowest BCUT2D eigenvalue weighted by Gasteiger charge is -2.38. The average Bonchev–Trinajstić information content (AvgIpc) is 2.93. The minimum atomic E-state index is -0.0806. The summed E-state index contributed by atoms with van der Waals surface area (Å²) in [6.45, 7) is 6.36. The Morgan fingerprint density at radius 3 is 2.71 bits per heavy atom. The molecule has 0 spiro atoms. The lowest BCUT2D eigenvalue weighted by Crippen LogP contribution is -2.38. The largest absolute Gasteiger partial charge is 0.508 e. The van der Waals surface area contributed by atoms with Gasteiger partial charge >= 0.3 is 0 Å². The molecule has 2 aliphatic rings. The Kier molecular flexibility index (Phi) is 3.47. The van der Waals surface area contributed by atoms with E-state index in [1.165, 1.54) is 0 Å². The molecule has 3 N–H and O–H groups in total. The molecule has 0 amide bonds. The van der Waals surface area contributed by atoms with E-state index in [9.17, 15) is 5.11 Å². The highest BCUT2D eigenvalue weighted by atomic mass is 16.5. The van der Waals surface area contributed by atoms with Crippen molar-refractivity contribution in [2.45, 2.75) is 58.2 Å². The quantitative estimate of drug-likeness (QED) is 0.798. The Labute approximate surface area is 126 Å². The van der Waals surface area contributed by atoms with Crippen molar-refractivity contribution in [2.24, 2.45) is 0 Å². The highest BCUT2D eigenvalue weighted by Crippen LogP contribution is 2.42. The SMILES string of the molecule is CCC1(CC)CCc2c(O)cc(C3NC=C(C)N3)cc2O1. The van der Waals surface area contributed by atoms with Gasteiger partial charge in [-0.2, -0.15) is 0 Å². The smallest absolute Gasteiger partial charge is 0.127 e. The van der Waals surface area contributed by atoms with Crippen LogP contribution < -0.4 is 15.4 Å². The van der Waals surface area contributed by atoms with Crippen LogP contribution in [0.5, 0.6) is 11.5 Å². The summed E-state index contributed by atoms with van der Waals surface area (Å²) in [5.74, 6) is 1.18. The van der Waals surface area contributed by atoms with Crippen molar-refractivity contribution in [3.05, 3.63) is 35.2 Å². The Bertz CT molecular complexity index is 576. The van der Waals surface area contributed by atoms with Gasteiger partial charge in [-0.15, -0.1) is 0 Å². The first-order valence-corrected chi connectivity index (χ1v) is 7.81. The third-order valence-corrected chi connectivity index (χ3v) is 4.83. The van der Waals surface area contributed by atoms with E-state index in [4.69, 9.17) is 4.74 Å². The van der Waals surface area contributed by atoms with Crippen LogP contribution >= 0.6 is 0 Å². The van der Waals surface area contributed by atoms with Gasteiger partial charge in [0.05, 0.1) is 0 Å². The van der Waals surface area contributed by atoms with Crippen molar-refractivity contribution in [1.29, 1.82) is 0 Å². The van der Waals surface area contributed by atoms with E-state index in [0.717, 1.165) is 48.3 Å². The monoisotopic (exact) mass is 288 g/mol. The molecule has 4 heteroatoms. The molecule has 0 saturated carbocycles. The summed E-state index contributed by atoms with van der Waals surface area (Å²) in [6, 6.07) is 3.90. The molecule has 0 fully saturated rings. The lowest BCUT2D eigenvalue weighted by molar-refractivity contribution is 0.0375. The fourth-order valence-corrected chi connectivity index (χ4v) is 3.24. The van der Waals surface area contributed by atoms with Gasteiger partial charge in [0, 0.05) is 23.0 Å². The van der Waals surface area contributed by atoms with Gasteiger partial charge in [0.25, 0.3) is 0 Å². The molecule has 3 rings (SSSR count). The van der Waals surface area contributed by atoms with Gasteiger partial charge < -0.3 is 20.5 Å². The lowest BCUT2D eigenvalue weighted by atomic mass is 9.86. The van der Waals surface area contributed by atoms with Crippen LogP contribution in [0.2, 0.25) is 0 Å². The third kappa shape index (κ3) is 2.43. The fraction of sp³-hybridized carbons (Fsp3) is 0.529. The van der Waals surface area contributed by atoms with Crippen LogP contribution in [0.1, 0.15) is 57.3 Å². The number of aromatic hydroxyl groups is 1. The molecule has 0 saturated heterocycles. The zero-order valence-electron chi connectivity index (χ0n) is 13.0. The number of ether oxygens (including phenoxy) is 1. The topological polar surface area (TPSA) is 53.5 Å². The molecule has 0 bridgehead atoms. The summed E-state index contributed by atoms with van der Waals surface area (Å²) >= 11 is 0. The maximum Gasteiger partial charge on any atom is 0.127 e. The van der Waals surface area contributed by atoms with Crippen molar-refractivity contribution < 1.29 is 9.84 Å². The molecule has 1 unspecified atom stereocenters. The molecule has 0 aliphatic carbocycles. The van der Waals surface area contributed by atoms with Crippen molar-refractivity contribution in [2.75, 3.05) is 0 Å². The van der Waals surface area contributed by atoms with Crippen molar-refractivity contribution in [3.8, 4) is 11.5 Å². The first-order chi connectivity index (χ1) is 10.1. The van der Waals surface area contributed by atoms with Crippen LogP contribution in [0.15, 0.2) is 24.0 Å². The predicted octanol–water partition coefficient (Wildman–Crippen LogP) is 3.33. The van der Waals surface area contributed by atoms with E-state index < -0.39 is 0 Å². The number of allylic oxidation sites excluding steroid dienone is 1. The number of hydrogen-bond donors (Lipinski definition) is 3. The number of benzene rings is 1. The molecule has 1 aromatic carbocycles. The number of rotatable bonds is 3. The second kappa shape index (κ2) is 5.17. The maximum atomic E-state index is 10.3. The number of hydrogen-bond acceptors (Lipinski definition) is 4. The first-order valence-electron chi connectivity index (χ1n) is 7.81. The third-order valence-electron chi connectivity index (χ3n) is 4.83. The number of phenolic OH excluding ortho intramolecular Hbond substituents is 1. The van der Waals surface area contributed by atoms with Gasteiger partial charge in [-0.1, -0.05) is 13.8 Å². The summed E-state index contributed by atoms with van der Waals surface area (Å²) in [4.78, 5) is 0. The molecule has 0 radical (unpaired) electrons. The number of phenols is 1. The summed E-state index contributed by atoms with van der Waals surface area (Å²) in [6.07, 6.45) is 5.80. The minimum Gasteiger partial charge on any atom is -0.508 e. The zero-order chi connectivity index (χ0) is 15.0. The Morgan fingerprint density at radius 2 is 2.10 bits per heavy atom. The first kappa shape index (κ1) is 14.1.